The summed E-state index contributed by atoms with van der Waals surface area (Å²) in [6.45, 7) is 4.18. The number of phenolic OH excluding ortho intramolecular Hbond substituents is 1. The van der Waals surface area contributed by atoms with Crippen molar-refractivity contribution in [2.24, 2.45) is 5.41 Å². The molecular weight excluding hydrogens is 448 g/mol. The molecule has 2 aliphatic rings. The van der Waals surface area contributed by atoms with Crippen molar-refractivity contribution >= 4 is 11.7 Å². The fraction of sp³-hybridized carbons (Fsp3) is 0.346. The molecular formula is C26H28N4O5. The first kappa shape index (κ1) is 22.8. The van der Waals surface area contributed by atoms with Crippen LogP contribution < -0.4 is 19.5 Å². The van der Waals surface area contributed by atoms with Gasteiger partial charge in [-0.2, -0.15) is 4.98 Å². The lowest BCUT2D eigenvalue weighted by atomic mass is 9.73. The van der Waals surface area contributed by atoms with E-state index in [0.29, 0.717) is 47.4 Å². The monoisotopic (exact) mass is 476 g/mol. The third kappa shape index (κ3) is 3.86. The topological polar surface area (TPSA) is 108 Å². The number of carbonyl (C=O) groups is 1. The van der Waals surface area contributed by atoms with Crippen molar-refractivity contribution in [3.05, 3.63) is 53.2 Å². The molecule has 3 aromatic rings. The minimum absolute atomic E-state index is 0.0647. The van der Waals surface area contributed by atoms with Crippen LogP contribution in [-0.4, -0.2) is 47.0 Å². The highest BCUT2D eigenvalue weighted by molar-refractivity contribution is 6.00. The lowest BCUT2D eigenvalue weighted by molar-refractivity contribution is -0.118. The number of aromatic nitrogens is 3. The summed E-state index contributed by atoms with van der Waals surface area (Å²) in [4.78, 5) is 18.2. The fourth-order valence-electron chi connectivity index (χ4n) is 4.91. The minimum Gasteiger partial charge on any atom is -0.508 e. The zero-order chi connectivity index (χ0) is 24.9. The number of methoxy groups -OCH3 is 3. The Morgan fingerprint density at radius 3 is 2.29 bits per heavy atom. The van der Waals surface area contributed by atoms with E-state index in [4.69, 9.17) is 24.3 Å². The quantitative estimate of drug-likeness (QED) is 0.560. The molecule has 0 amide bonds. The van der Waals surface area contributed by atoms with E-state index in [1.165, 1.54) is 0 Å². The average molecular weight is 477 g/mol. The number of fused-ring (bicyclic) bond motifs is 1. The molecule has 1 aliphatic heterocycles. The number of nitrogens with zero attached hydrogens (tertiary/aromatic N) is 3. The van der Waals surface area contributed by atoms with E-state index in [1.54, 1.807) is 50.3 Å². The van der Waals surface area contributed by atoms with Gasteiger partial charge in [-0.25, -0.2) is 4.68 Å². The van der Waals surface area contributed by atoms with Gasteiger partial charge in [-0.05, 0) is 53.8 Å². The third-order valence-corrected chi connectivity index (χ3v) is 6.46. The van der Waals surface area contributed by atoms with Crippen molar-refractivity contribution < 1.29 is 24.1 Å². The summed E-state index contributed by atoms with van der Waals surface area (Å²) in [5.74, 6) is 2.71. The van der Waals surface area contributed by atoms with Gasteiger partial charge in [0.05, 0.1) is 21.3 Å². The number of allylic oxidation sites excluding steroid dienone is 2. The van der Waals surface area contributed by atoms with E-state index in [-0.39, 0.29) is 16.9 Å². The Bertz CT molecular complexity index is 1320. The van der Waals surface area contributed by atoms with Gasteiger partial charge >= 0.3 is 0 Å². The molecule has 0 radical (unpaired) electrons. The molecule has 0 fully saturated rings. The van der Waals surface area contributed by atoms with Crippen molar-refractivity contribution in [1.82, 2.24) is 14.8 Å². The number of ketones is 1. The molecule has 9 nitrogen and oxygen atoms in total. The number of aromatic hydroxyl groups is 1. The van der Waals surface area contributed by atoms with E-state index in [2.05, 4.69) is 19.2 Å². The van der Waals surface area contributed by atoms with Gasteiger partial charge in [0, 0.05) is 23.3 Å². The van der Waals surface area contributed by atoms with E-state index >= 15 is 0 Å². The first-order valence-electron chi connectivity index (χ1n) is 11.3. The maximum absolute atomic E-state index is 13.5. The zero-order valence-corrected chi connectivity index (χ0v) is 20.4. The molecule has 0 saturated carbocycles. The van der Waals surface area contributed by atoms with Crippen molar-refractivity contribution in [3.63, 3.8) is 0 Å². The minimum atomic E-state index is -0.531. The molecule has 0 saturated heterocycles. The van der Waals surface area contributed by atoms with Gasteiger partial charge in [-0.3, -0.25) is 4.79 Å². The van der Waals surface area contributed by atoms with Crippen LogP contribution in [0.25, 0.3) is 11.4 Å². The molecule has 182 valence electrons. The summed E-state index contributed by atoms with van der Waals surface area (Å²) in [5, 5.41) is 17.8. The van der Waals surface area contributed by atoms with Gasteiger partial charge in [0.1, 0.15) is 11.8 Å². The van der Waals surface area contributed by atoms with Crippen LogP contribution in [0.2, 0.25) is 0 Å². The Labute approximate surface area is 203 Å². The molecule has 2 N–H and O–H groups in total. The number of benzene rings is 2. The number of rotatable bonds is 5. The maximum Gasteiger partial charge on any atom is 0.226 e. The molecule has 0 unspecified atom stereocenters. The Balaban J connectivity index is 1.72. The average Bonchev–Trinajstić information content (AvgIpc) is 3.25. The van der Waals surface area contributed by atoms with Gasteiger partial charge in [0.25, 0.3) is 0 Å². The van der Waals surface area contributed by atoms with Crippen LogP contribution in [-0.2, 0) is 4.79 Å². The predicted octanol–water partition coefficient (Wildman–Crippen LogP) is 4.33. The van der Waals surface area contributed by atoms with Gasteiger partial charge in [-0.1, -0.05) is 13.8 Å². The lowest BCUT2D eigenvalue weighted by Crippen LogP contribution is -2.36. The van der Waals surface area contributed by atoms with Crippen LogP contribution in [0.4, 0.5) is 5.95 Å². The van der Waals surface area contributed by atoms with E-state index in [0.717, 1.165) is 16.8 Å². The van der Waals surface area contributed by atoms with Gasteiger partial charge in [0.2, 0.25) is 11.7 Å². The van der Waals surface area contributed by atoms with Gasteiger partial charge in [-0.15, -0.1) is 5.10 Å². The van der Waals surface area contributed by atoms with Crippen LogP contribution in [0.15, 0.2) is 47.7 Å². The number of hydrogen-bond donors (Lipinski definition) is 2. The molecule has 35 heavy (non-hydrogen) atoms. The third-order valence-electron chi connectivity index (χ3n) is 6.46. The molecule has 0 spiro atoms. The standard InChI is InChI=1S/C26H28N4O5/c1-26(2)12-17-21(18(32)13-26)22(15-10-19(33-3)23(35-5)20(11-15)34-4)30-25(27-17)28-24(29-30)14-6-8-16(31)9-7-14/h6-11,22,31H,12-13H2,1-5H3,(H,27,28,29)/t22-/m1/s1. The summed E-state index contributed by atoms with van der Waals surface area (Å²) >= 11 is 0. The SMILES string of the molecule is COc1cc([C@@H]2C3=C(CC(C)(C)CC3=O)Nc3nc(-c4ccc(O)cc4)nn32)cc(OC)c1OC. The normalized spacial score (nSPS) is 18.4. The molecule has 2 aromatic carbocycles. The highest BCUT2D eigenvalue weighted by Gasteiger charge is 2.42. The molecule has 1 atom stereocenters. The van der Waals surface area contributed by atoms with Crippen LogP contribution in [0.5, 0.6) is 23.0 Å². The number of anilines is 1. The Morgan fingerprint density at radius 1 is 1.03 bits per heavy atom. The molecule has 0 bridgehead atoms. The van der Waals surface area contributed by atoms with Gasteiger partial charge < -0.3 is 24.6 Å². The van der Waals surface area contributed by atoms with Crippen LogP contribution in [0.1, 0.15) is 38.3 Å². The molecule has 9 heteroatoms. The molecule has 5 rings (SSSR count). The second kappa shape index (κ2) is 8.33. The Kier molecular flexibility index (Phi) is 5.42. The van der Waals surface area contributed by atoms with E-state index in [9.17, 15) is 9.90 Å². The second-order valence-corrected chi connectivity index (χ2v) is 9.57. The second-order valence-electron chi connectivity index (χ2n) is 9.57. The highest BCUT2D eigenvalue weighted by Crippen LogP contribution is 2.48. The highest BCUT2D eigenvalue weighted by atomic mass is 16.5. The van der Waals surface area contributed by atoms with Crippen molar-refractivity contribution in [3.8, 4) is 34.4 Å². The number of ether oxygens (including phenoxy) is 3. The molecule has 2 heterocycles. The Hall–Kier alpha value is -4.01. The summed E-state index contributed by atoms with van der Waals surface area (Å²) < 4.78 is 18.4. The first-order chi connectivity index (χ1) is 16.7. The van der Waals surface area contributed by atoms with Crippen LogP contribution in [0, 0.1) is 5.41 Å². The number of nitrogens with one attached hydrogen (secondary N) is 1. The fourth-order valence-corrected chi connectivity index (χ4v) is 4.91. The van der Waals surface area contributed by atoms with E-state index in [1.807, 2.05) is 12.1 Å². The number of carbonyl (C=O) groups excluding carboxylic acids is 1. The molecule has 1 aromatic heterocycles. The maximum atomic E-state index is 13.5. The number of Topliss-reactive ketones (excluding diaryl/α,β-unsaturated/α-hetero) is 1. The van der Waals surface area contributed by atoms with Crippen LogP contribution >= 0.6 is 0 Å². The largest absolute Gasteiger partial charge is 0.508 e. The Morgan fingerprint density at radius 2 is 1.69 bits per heavy atom. The van der Waals surface area contributed by atoms with Gasteiger partial charge in [0.15, 0.2) is 23.1 Å². The van der Waals surface area contributed by atoms with Crippen LogP contribution in [0.3, 0.4) is 0 Å². The number of hydrogen-bond acceptors (Lipinski definition) is 8. The summed E-state index contributed by atoms with van der Waals surface area (Å²) in [6, 6.07) is 9.86. The first-order valence-corrected chi connectivity index (χ1v) is 11.3. The smallest absolute Gasteiger partial charge is 0.226 e. The summed E-state index contributed by atoms with van der Waals surface area (Å²) in [5.41, 5.74) is 2.85. The summed E-state index contributed by atoms with van der Waals surface area (Å²) in [6.07, 6.45) is 1.14. The predicted molar refractivity (Wildman–Crippen MR) is 130 cm³/mol. The summed E-state index contributed by atoms with van der Waals surface area (Å²) in [7, 11) is 4.68. The number of phenols is 1. The van der Waals surface area contributed by atoms with Crippen molar-refractivity contribution in [1.29, 1.82) is 0 Å². The van der Waals surface area contributed by atoms with Crippen molar-refractivity contribution in [2.75, 3.05) is 26.6 Å². The molecule has 1 aliphatic carbocycles. The zero-order valence-electron chi connectivity index (χ0n) is 20.4. The lowest BCUT2D eigenvalue weighted by Gasteiger charge is -2.38. The van der Waals surface area contributed by atoms with Crippen molar-refractivity contribution in [2.45, 2.75) is 32.7 Å². The van der Waals surface area contributed by atoms with E-state index < -0.39 is 6.04 Å².